The van der Waals surface area contributed by atoms with Gasteiger partial charge in [0.05, 0.1) is 6.42 Å². The molecule has 0 bridgehead atoms. The summed E-state index contributed by atoms with van der Waals surface area (Å²) in [6.45, 7) is 9.17. The van der Waals surface area contributed by atoms with Crippen LogP contribution in [-0.4, -0.2) is 51.8 Å². The van der Waals surface area contributed by atoms with Gasteiger partial charge < -0.3 is 14.8 Å². The first-order chi connectivity index (χ1) is 14.1. The molecule has 0 atom stereocenters. The average molecular weight is 402 g/mol. The van der Waals surface area contributed by atoms with Gasteiger partial charge in [-0.3, -0.25) is 4.79 Å². The molecule has 1 amide bonds. The number of carbonyl (C=O) groups excluding carboxylic acids is 1. The molecule has 29 heavy (non-hydrogen) atoms. The maximum Gasteiger partial charge on any atom is 0.224 e. The molecule has 7 heteroatoms. The quantitative estimate of drug-likeness (QED) is 0.702. The van der Waals surface area contributed by atoms with Gasteiger partial charge in [-0.2, -0.15) is 0 Å². The summed E-state index contributed by atoms with van der Waals surface area (Å²) in [4.78, 5) is 14.7. The Morgan fingerprint density at radius 2 is 1.90 bits per heavy atom. The minimum Gasteiger partial charge on any atom is -0.355 e. The zero-order chi connectivity index (χ0) is 20.6. The first-order valence-electron chi connectivity index (χ1n) is 10.7. The molecule has 0 aliphatic carbocycles. The lowest BCUT2D eigenvalue weighted by molar-refractivity contribution is -0.120. The van der Waals surface area contributed by atoms with Crippen molar-refractivity contribution >= 4 is 5.91 Å². The van der Waals surface area contributed by atoms with Gasteiger partial charge in [-0.25, -0.2) is 4.39 Å². The fourth-order valence-corrected chi connectivity index (χ4v) is 3.87. The molecule has 2 aromatic rings. The van der Waals surface area contributed by atoms with E-state index in [2.05, 4.69) is 38.8 Å². The van der Waals surface area contributed by atoms with E-state index in [1.54, 1.807) is 12.1 Å². The highest BCUT2D eigenvalue weighted by Gasteiger charge is 2.20. The monoisotopic (exact) mass is 401 g/mol. The number of benzene rings is 1. The smallest absolute Gasteiger partial charge is 0.224 e. The van der Waals surface area contributed by atoms with Crippen LogP contribution in [0.5, 0.6) is 0 Å². The lowest BCUT2D eigenvalue weighted by Gasteiger charge is -2.24. The Bertz CT molecular complexity index is 785. The number of amides is 1. The highest BCUT2D eigenvalue weighted by Crippen LogP contribution is 2.14. The Morgan fingerprint density at radius 3 is 2.62 bits per heavy atom. The second-order valence-electron chi connectivity index (χ2n) is 7.82. The maximum absolute atomic E-state index is 13.0. The fourth-order valence-electron chi connectivity index (χ4n) is 3.87. The van der Waals surface area contributed by atoms with Gasteiger partial charge >= 0.3 is 0 Å². The van der Waals surface area contributed by atoms with Crippen molar-refractivity contribution in [3.63, 3.8) is 0 Å². The lowest BCUT2D eigenvalue weighted by Crippen LogP contribution is -2.32. The van der Waals surface area contributed by atoms with Crippen LogP contribution in [0.3, 0.4) is 0 Å². The Morgan fingerprint density at radius 1 is 1.14 bits per heavy atom. The molecule has 3 rings (SSSR count). The lowest BCUT2D eigenvalue weighted by atomic mass is 10.0. The van der Waals surface area contributed by atoms with Crippen molar-refractivity contribution in [2.24, 2.45) is 5.92 Å². The van der Waals surface area contributed by atoms with Crippen LogP contribution in [0.2, 0.25) is 0 Å². The summed E-state index contributed by atoms with van der Waals surface area (Å²) in [6, 6.07) is 6.03. The molecule has 0 unspecified atom stereocenters. The SMILES string of the molecule is CCC(CC)CN1CCc2nnc(CCNC(=O)Cc3ccc(F)cc3)n2CC1. The van der Waals surface area contributed by atoms with Crippen molar-refractivity contribution in [1.29, 1.82) is 0 Å². The van der Waals surface area contributed by atoms with E-state index in [0.717, 1.165) is 55.7 Å². The average Bonchev–Trinajstić information content (AvgIpc) is 2.99. The topological polar surface area (TPSA) is 63.1 Å². The Balaban J connectivity index is 1.47. The summed E-state index contributed by atoms with van der Waals surface area (Å²) in [5.41, 5.74) is 0.804. The van der Waals surface area contributed by atoms with Gasteiger partial charge in [0.25, 0.3) is 0 Å². The maximum atomic E-state index is 13.0. The van der Waals surface area contributed by atoms with Gasteiger partial charge in [0, 0.05) is 45.6 Å². The summed E-state index contributed by atoms with van der Waals surface area (Å²) >= 11 is 0. The third-order valence-corrected chi connectivity index (χ3v) is 5.82. The van der Waals surface area contributed by atoms with Crippen molar-refractivity contribution in [1.82, 2.24) is 25.0 Å². The van der Waals surface area contributed by atoms with Crippen LogP contribution < -0.4 is 5.32 Å². The van der Waals surface area contributed by atoms with Gasteiger partial charge in [0.15, 0.2) is 0 Å². The molecular formula is C22H32FN5O. The van der Waals surface area contributed by atoms with Crippen molar-refractivity contribution in [2.75, 3.05) is 26.2 Å². The van der Waals surface area contributed by atoms with E-state index in [1.807, 2.05) is 0 Å². The van der Waals surface area contributed by atoms with Crippen LogP contribution in [0.15, 0.2) is 24.3 Å². The first kappa shape index (κ1) is 21.4. The molecule has 1 aromatic heterocycles. The largest absolute Gasteiger partial charge is 0.355 e. The minimum absolute atomic E-state index is 0.0661. The predicted molar refractivity (Wildman–Crippen MR) is 111 cm³/mol. The van der Waals surface area contributed by atoms with Crippen LogP contribution >= 0.6 is 0 Å². The number of fused-ring (bicyclic) bond motifs is 1. The van der Waals surface area contributed by atoms with Gasteiger partial charge in [-0.05, 0) is 23.6 Å². The number of nitrogens with one attached hydrogen (secondary N) is 1. The van der Waals surface area contributed by atoms with Gasteiger partial charge in [0.2, 0.25) is 5.91 Å². The molecule has 0 saturated heterocycles. The van der Waals surface area contributed by atoms with Gasteiger partial charge in [0.1, 0.15) is 17.5 Å². The van der Waals surface area contributed by atoms with Crippen molar-refractivity contribution < 1.29 is 9.18 Å². The standard InChI is InChI=1S/C22H32FN5O/c1-3-17(4-2)16-27-12-10-21-26-25-20(28(21)14-13-27)9-11-24-22(29)15-18-5-7-19(23)8-6-18/h5-8,17H,3-4,9-16H2,1-2H3,(H,24,29). The molecule has 0 spiro atoms. The Hall–Kier alpha value is -2.28. The van der Waals surface area contributed by atoms with Crippen molar-refractivity contribution in [3.05, 3.63) is 47.3 Å². The summed E-state index contributed by atoms with van der Waals surface area (Å²) in [5.74, 6) is 2.38. The number of rotatable bonds is 9. The van der Waals surface area contributed by atoms with E-state index in [0.29, 0.717) is 13.0 Å². The number of carbonyl (C=O) groups is 1. The zero-order valence-electron chi connectivity index (χ0n) is 17.5. The van der Waals surface area contributed by atoms with E-state index in [4.69, 9.17) is 0 Å². The van der Waals surface area contributed by atoms with E-state index < -0.39 is 0 Å². The summed E-state index contributed by atoms with van der Waals surface area (Å²) in [5, 5.41) is 11.7. The molecule has 6 nitrogen and oxygen atoms in total. The van der Waals surface area contributed by atoms with Crippen LogP contribution in [0, 0.1) is 11.7 Å². The summed E-state index contributed by atoms with van der Waals surface area (Å²) in [7, 11) is 0. The van der Waals surface area contributed by atoms with Gasteiger partial charge in [-0.1, -0.05) is 38.8 Å². The molecule has 1 aliphatic heterocycles. The molecule has 1 N–H and O–H groups in total. The second-order valence-corrected chi connectivity index (χ2v) is 7.82. The van der Waals surface area contributed by atoms with Crippen LogP contribution in [0.1, 0.15) is 43.9 Å². The minimum atomic E-state index is -0.292. The first-order valence-corrected chi connectivity index (χ1v) is 10.7. The van der Waals surface area contributed by atoms with Crippen LogP contribution in [0.4, 0.5) is 4.39 Å². The summed E-state index contributed by atoms with van der Waals surface area (Å²) < 4.78 is 15.2. The number of halogens is 1. The van der Waals surface area contributed by atoms with Crippen LogP contribution in [0.25, 0.3) is 0 Å². The van der Waals surface area contributed by atoms with E-state index in [-0.39, 0.29) is 18.1 Å². The molecule has 0 saturated carbocycles. The predicted octanol–water partition coefficient (Wildman–Crippen LogP) is 2.61. The molecule has 0 fully saturated rings. The molecule has 158 valence electrons. The van der Waals surface area contributed by atoms with Gasteiger partial charge in [-0.15, -0.1) is 10.2 Å². The number of nitrogens with zero attached hydrogens (tertiary/aromatic N) is 4. The molecule has 2 heterocycles. The summed E-state index contributed by atoms with van der Waals surface area (Å²) in [6.07, 6.45) is 4.28. The van der Waals surface area contributed by atoms with E-state index >= 15 is 0 Å². The molecule has 1 aromatic carbocycles. The normalized spacial score (nSPS) is 14.6. The molecule has 0 radical (unpaired) electrons. The van der Waals surface area contributed by atoms with Crippen LogP contribution in [-0.2, 0) is 30.6 Å². The number of hydrogen-bond donors (Lipinski definition) is 1. The Labute approximate surface area is 172 Å². The zero-order valence-corrected chi connectivity index (χ0v) is 17.5. The number of hydrogen-bond acceptors (Lipinski definition) is 4. The van der Waals surface area contributed by atoms with E-state index in [1.165, 1.54) is 25.0 Å². The fraction of sp³-hybridized carbons (Fsp3) is 0.591. The van der Waals surface area contributed by atoms with Crippen molar-refractivity contribution in [2.45, 2.75) is 52.5 Å². The third-order valence-electron chi connectivity index (χ3n) is 5.82. The van der Waals surface area contributed by atoms with E-state index in [9.17, 15) is 9.18 Å². The highest BCUT2D eigenvalue weighted by molar-refractivity contribution is 5.78. The Kier molecular flexibility index (Phi) is 7.75. The third kappa shape index (κ3) is 6.10. The molecular weight excluding hydrogens is 369 g/mol. The highest BCUT2D eigenvalue weighted by atomic mass is 19.1. The molecule has 1 aliphatic rings. The van der Waals surface area contributed by atoms with Crippen molar-refractivity contribution in [3.8, 4) is 0 Å². The number of aromatic nitrogens is 3. The second kappa shape index (κ2) is 10.5.